The van der Waals surface area contributed by atoms with Crippen LogP contribution in [-0.2, 0) is 4.79 Å². The standard InChI is InChI=1S/C11H14BrN3O3/c1-7-5-10(14-4-3-13-8(2)16)9(12)6-11(7)15(17)18/h5-6,14H,3-4H2,1-2H3,(H,13,16). The number of nitro benzene ring substituents is 1. The molecule has 0 saturated heterocycles. The van der Waals surface area contributed by atoms with Gasteiger partial charge in [-0.1, -0.05) is 0 Å². The number of aryl methyl sites for hydroxylation is 1. The number of nitro groups is 1. The Bertz CT molecular complexity index is 477. The maximum Gasteiger partial charge on any atom is 0.273 e. The highest BCUT2D eigenvalue weighted by molar-refractivity contribution is 9.10. The van der Waals surface area contributed by atoms with Crippen LogP contribution in [0.4, 0.5) is 11.4 Å². The van der Waals surface area contributed by atoms with Crippen LogP contribution >= 0.6 is 15.9 Å². The molecule has 1 rings (SSSR count). The lowest BCUT2D eigenvalue weighted by molar-refractivity contribution is -0.385. The van der Waals surface area contributed by atoms with Gasteiger partial charge >= 0.3 is 0 Å². The summed E-state index contributed by atoms with van der Waals surface area (Å²) >= 11 is 3.28. The number of hydrogen-bond acceptors (Lipinski definition) is 4. The van der Waals surface area contributed by atoms with Crippen molar-refractivity contribution >= 4 is 33.2 Å². The first kappa shape index (κ1) is 14.4. The summed E-state index contributed by atoms with van der Waals surface area (Å²) in [6.07, 6.45) is 0. The molecule has 0 atom stereocenters. The van der Waals surface area contributed by atoms with E-state index < -0.39 is 4.92 Å². The molecule has 0 heterocycles. The summed E-state index contributed by atoms with van der Waals surface area (Å²) in [5.74, 6) is -0.0873. The van der Waals surface area contributed by atoms with Crippen molar-refractivity contribution in [3.05, 3.63) is 32.3 Å². The molecule has 0 fully saturated rings. The minimum absolute atomic E-state index is 0.0780. The van der Waals surface area contributed by atoms with Crippen molar-refractivity contribution in [1.29, 1.82) is 0 Å². The summed E-state index contributed by atoms with van der Waals surface area (Å²) in [5, 5.41) is 16.5. The molecule has 0 saturated carbocycles. The number of halogens is 1. The van der Waals surface area contributed by atoms with E-state index in [0.717, 1.165) is 5.69 Å². The number of hydrogen-bond donors (Lipinski definition) is 2. The van der Waals surface area contributed by atoms with Crippen LogP contribution in [0.2, 0.25) is 0 Å². The summed E-state index contributed by atoms with van der Waals surface area (Å²) in [5.41, 5.74) is 1.43. The third-order valence-electron chi connectivity index (χ3n) is 2.30. The summed E-state index contributed by atoms with van der Waals surface area (Å²) < 4.78 is 0.627. The van der Waals surface area contributed by atoms with Gasteiger partial charge in [-0.15, -0.1) is 0 Å². The lowest BCUT2D eigenvalue weighted by atomic mass is 10.2. The highest BCUT2D eigenvalue weighted by atomic mass is 79.9. The van der Waals surface area contributed by atoms with Gasteiger partial charge in [0.05, 0.1) is 4.92 Å². The van der Waals surface area contributed by atoms with Crippen molar-refractivity contribution in [1.82, 2.24) is 5.32 Å². The zero-order chi connectivity index (χ0) is 13.7. The zero-order valence-corrected chi connectivity index (χ0v) is 11.7. The molecule has 1 aromatic rings. The van der Waals surface area contributed by atoms with E-state index in [0.29, 0.717) is 23.1 Å². The van der Waals surface area contributed by atoms with Crippen molar-refractivity contribution in [2.45, 2.75) is 13.8 Å². The maximum absolute atomic E-state index is 10.7. The first-order valence-electron chi connectivity index (χ1n) is 5.34. The van der Waals surface area contributed by atoms with E-state index in [4.69, 9.17) is 0 Å². The molecule has 0 unspecified atom stereocenters. The van der Waals surface area contributed by atoms with Crippen LogP contribution in [-0.4, -0.2) is 23.9 Å². The van der Waals surface area contributed by atoms with Crippen molar-refractivity contribution < 1.29 is 9.72 Å². The van der Waals surface area contributed by atoms with E-state index in [-0.39, 0.29) is 11.6 Å². The number of carbonyl (C=O) groups is 1. The van der Waals surface area contributed by atoms with Gasteiger partial charge in [-0.05, 0) is 28.9 Å². The smallest absolute Gasteiger partial charge is 0.273 e. The largest absolute Gasteiger partial charge is 0.382 e. The summed E-state index contributed by atoms with van der Waals surface area (Å²) in [7, 11) is 0. The van der Waals surface area contributed by atoms with Gasteiger partial charge in [-0.3, -0.25) is 14.9 Å². The highest BCUT2D eigenvalue weighted by Crippen LogP contribution is 2.30. The molecule has 98 valence electrons. The summed E-state index contributed by atoms with van der Waals surface area (Å²) in [6, 6.07) is 3.17. The van der Waals surface area contributed by atoms with Crippen LogP contribution in [0, 0.1) is 17.0 Å². The van der Waals surface area contributed by atoms with Crippen LogP contribution in [0.1, 0.15) is 12.5 Å². The van der Waals surface area contributed by atoms with Crippen LogP contribution in [0.15, 0.2) is 16.6 Å². The average molecular weight is 316 g/mol. The van der Waals surface area contributed by atoms with Crippen LogP contribution in [0.25, 0.3) is 0 Å². The zero-order valence-electron chi connectivity index (χ0n) is 10.1. The van der Waals surface area contributed by atoms with Gasteiger partial charge in [0.15, 0.2) is 0 Å². The van der Waals surface area contributed by atoms with Gasteiger partial charge in [0.2, 0.25) is 5.91 Å². The molecule has 6 nitrogen and oxygen atoms in total. The molecular formula is C11H14BrN3O3. The number of anilines is 1. The van der Waals surface area contributed by atoms with Gasteiger partial charge in [-0.25, -0.2) is 0 Å². The average Bonchev–Trinajstić information content (AvgIpc) is 2.27. The second-order valence-corrected chi connectivity index (χ2v) is 4.64. The van der Waals surface area contributed by atoms with Crippen molar-refractivity contribution in [2.24, 2.45) is 0 Å². The van der Waals surface area contributed by atoms with Gasteiger partial charge < -0.3 is 10.6 Å². The molecule has 7 heteroatoms. The van der Waals surface area contributed by atoms with Gasteiger partial charge in [0, 0.05) is 41.8 Å². The second-order valence-electron chi connectivity index (χ2n) is 3.79. The van der Waals surface area contributed by atoms with Crippen LogP contribution < -0.4 is 10.6 Å². The molecule has 0 spiro atoms. The quantitative estimate of drug-likeness (QED) is 0.495. The third kappa shape index (κ3) is 3.99. The lowest BCUT2D eigenvalue weighted by Gasteiger charge is -2.10. The molecule has 18 heavy (non-hydrogen) atoms. The molecule has 0 radical (unpaired) electrons. The Hall–Kier alpha value is -1.63. The number of carbonyl (C=O) groups excluding carboxylic acids is 1. The van der Waals surface area contributed by atoms with Crippen LogP contribution in [0.3, 0.4) is 0 Å². The summed E-state index contributed by atoms with van der Waals surface area (Å²) in [6.45, 7) is 4.18. The molecule has 0 aromatic heterocycles. The SMILES string of the molecule is CC(=O)NCCNc1cc(C)c([N+](=O)[O-])cc1Br. The predicted molar refractivity (Wildman–Crippen MR) is 72.7 cm³/mol. The van der Waals surface area contributed by atoms with Gasteiger partial charge in [-0.2, -0.15) is 0 Å². The fourth-order valence-corrected chi connectivity index (χ4v) is 1.91. The van der Waals surface area contributed by atoms with E-state index in [2.05, 4.69) is 26.6 Å². The van der Waals surface area contributed by atoms with E-state index in [9.17, 15) is 14.9 Å². The minimum Gasteiger partial charge on any atom is -0.382 e. The maximum atomic E-state index is 10.7. The van der Waals surface area contributed by atoms with E-state index in [1.807, 2.05) is 0 Å². The Morgan fingerprint density at radius 2 is 2.11 bits per heavy atom. The number of nitrogens with one attached hydrogen (secondary N) is 2. The molecule has 0 aliphatic rings. The van der Waals surface area contributed by atoms with E-state index in [1.54, 1.807) is 13.0 Å². The topological polar surface area (TPSA) is 84.3 Å². The van der Waals surface area contributed by atoms with Crippen molar-refractivity contribution in [3.63, 3.8) is 0 Å². The van der Waals surface area contributed by atoms with Crippen molar-refractivity contribution in [3.8, 4) is 0 Å². The van der Waals surface area contributed by atoms with E-state index >= 15 is 0 Å². The lowest BCUT2D eigenvalue weighted by Crippen LogP contribution is -2.26. The van der Waals surface area contributed by atoms with Crippen LogP contribution in [0.5, 0.6) is 0 Å². The Kier molecular flexibility index (Phi) is 5.08. The Labute approximate surface area is 113 Å². The number of nitrogens with zero attached hydrogens (tertiary/aromatic N) is 1. The second kappa shape index (κ2) is 6.34. The van der Waals surface area contributed by atoms with Gasteiger partial charge in [0.1, 0.15) is 0 Å². The Morgan fingerprint density at radius 1 is 1.44 bits per heavy atom. The molecule has 1 amide bonds. The molecule has 2 N–H and O–H groups in total. The fraction of sp³-hybridized carbons (Fsp3) is 0.364. The third-order valence-corrected chi connectivity index (χ3v) is 2.95. The van der Waals surface area contributed by atoms with Gasteiger partial charge in [0.25, 0.3) is 5.69 Å². The number of benzene rings is 1. The Morgan fingerprint density at radius 3 is 2.67 bits per heavy atom. The molecule has 0 aliphatic carbocycles. The normalized spacial score (nSPS) is 9.94. The molecular weight excluding hydrogens is 302 g/mol. The molecule has 0 aliphatic heterocycles. The molecule has 1 aromatic carbocycles. The van der Waals surface area contributed by atoms with Crippen molar-refractivity contribution in [2.75, 3.05) is 18.4 Å². The molecule has 0 bridgehead atoms. The van der Waals surface area contributed by atoms with E-state index in [1.165, 1.54) is 13.0 Å². The number of rotatable bonds is 5. The highest BCUT2D eigenvalue weighted by Gasteiger charge is 2.13. The fourth-order valence-electron chi connectivity index (χ4n) is 1.44. The first-order valence-corrected chi connectivity index (χ1v) is 6.14. The monoisotopic (exact) mass is 315 g/mol. The first-order chi connectivity index (χ1) is 8.41. The minimum atomic E-state index is -0.415. The Balaban J connectivity index is 2.70. The number of amides is 1. The predicted octanol–water partition coefficient (Wildman–Crippen LogP) is 2.21. The summed E-state index contributed by atoms with van der Waals surface area (Å²) in [4.78, 5) is 21.0.